The standard InChI is InChI=1S/C19H36N2O5/c1-12(15(23)24)21(18(5,6)7)14(22)13(11-17(2,3)4)20-16(25)26-19(8,9)10/h12-13H,11H2,1-10H3,(H,20,25)(H,23,24)/t12-,13-/m1/s1. The van der Waals surface area contributed by atoms with Crippen molar-refractivity contribution in [2.24, 2.45) is 5.41 Å². The van der Waals surface area contributed by atoms with Crippen molar-refractivity contribution in [1.82, 2.24) is 10.2 Å². The first kappa shape index (κ1) is 24.2. The third kappa shape index (κ3) is 8.54. The number of carboxylic acids is 1. The highest BCUT2D eigenvalue weighted by molar-refractivity contribution is 5.89. The summed E-state index contributed by atoms with van der Waals surface area (Å²) in [5, 5.41) is 12.0. The second-order valence-corrected chi connectivity index (χ2v) is 9.86. The minimum Gasteiger partial charge on any atom is -0.480 e. The number of aliphatic carboxylic acids is 1. The lowest BCUT2D eigenvalue weighted by Gasteiger charge is -2.41. The van der Waals surface area contributed by atoms with Crippen molar-refractivity contribution in [3.05, 3.63) is 0 Å². The van der Waals surface area contributed by atoms with Crippen molar-refractivity contribution in [1.29, 1.82) is 0 Å². The predicted molar refractivity (Wildman–Crippen MR) is 101 cm³/mol. The van der Waals surface area contributed by atoms with Crippen LogP contribution < -0.4 is 5.32 Å². The first-order chi connectivity index (χ1) is 11.3. The fourth-order valence-corrected chi connectivity index (χ4v) is 2.64. The Hall–Kier alpha value is -1.79. The molecular weight excluding hydrogens is 336 g/mol. The van der Waals surface area contributed by atoms with Crippen LogP contribution >= 0.6 is 0 Å². The maximum atomic E-state index is 13.2. The molecule has 0 aromatic rings. The van der Waals surface area contributed by atoms with E-state index in [1.54, 1.807) is 41.5 Å². The zero-order chi connectivity index (χ0) is 21.1. The molecule has 0 aliphatic heterocycles. The highest BCUT2D eigenvalue weighted by atomic mass is 16.6. The minimum atomic E-state index is -1.10. The molecule has 0 radical (unpaired) electrons. The van der Waals surface area contributed by atoms with E-state index in [0.717, 1.165) is 0 Å². The maximum absolute atomic E-state index is 13.2. The van der Waals surface area contributed by atoms with Gasteiger partial charge in [-0.2, -0.15) is 0 Å². The maximum Gasteiger partial charge on any atom is 0.408 e. The molecule has 0 aliphatic carbocycles. The third-order valence-corrected chi connectivity index (χ3v) is 3.51. The summed E-state index contributed by atoms with van der Waals surface area (Å²) >= 11 is 0. The molecule has 0 heterocycles. The van der Waals surface area contributed by atoms with Gasteiger partial charge in [0.15, 0.2) is 0 Å². The lowest BCUT2D eigenvalue weighted by molar-refractivity contribution is -0.155. The molecule has 0 aromatic carbocycles. The van der Waals surface area contributed by atoms with Crippen LogP contribution in [-0.4, -0.2) is 51.2 Å². The summed E-state index contributed by atoms with van der Waals surface area (Å²) in [7, 11) is 0. The first-order valence-electron chi connectivity index (χ1n) is 8.90. The van der Waals surface area contributed by atoms with Crippen LogP contribution in [-0.2, 0) is 14.3 Å². The van der Waals surface area contributed by atoms with Crippen LogP contribution in [0.15, 0.2) is 0 Å². The summed E-state index contributed by atoms with van der Waals surface area (Å²) < 4.78 is 5.27. The molecular formula is C19H36N2O5. The first-order valence-corrected chi connectivity index (χ1v) is 8.90. The quantitative estimate of drug-likeness (QED) is 0.771. The number of amides is 2. The van der Waals surface area contributed by atoms with Gasteiger partial charge in [-0.15, -0.1) is 0 Å². The van der Waals surface area contributed by atoms with Crippen molar-refractivity contribution in [2.45, 2.75) is 98.9 Å². The number of ether oxygens (including phenoxy) is 1. The number of nitrogens with zero attached hydrogens (tertiary/aromatic N) is 1. The van der Waals surface area contributed by atoms with Crippen LogP contribution in [0.2, 0.25) is 0 Å². The van der Waals surface area contributed by atoms with E-state index in [9.17, 15) is 19.5 Å². The van der Waals surface area contributed by atoms with E-state index in [1.165, 1.54) is 11.8 Å². The normalized spacial score (nSPS) is 15.0. The van der Waals surface area contributed by atoms with E-state index >= 15 is 0 Å². The van der Waals surface area contributed by atoms with Crippen molar-refractivity contribution in [3.63, 3.8) is 0 Å². The molecule has 26 heavy (non-hydrogen) atoms. The Bertz CT molecular complexity index is 524. The monoisotopic (exact) mass is 372 g/mol. The molecule has 0 saturated heterocycles. The number of carbonyl (C=O) groups excluding carboxylic acids is 2. The van der Waals surface area contributed by atoms with Gasteiger partial charge in [-0.05, 0) is 60.3 Å². The zero-order valence-corrected chi connectivity index (χ0v) is 17.9. The Kier molecular flexibility index (Phi) is 7.70. The van der Waals surface area contributed by atoms with E-state index in [4.69, 9.17) is 4.74 Å². The summed E-state index contributed by atoms with van der Waals surface area (Å²) in [4.78, 5) is 38.2. The van der Waals surface area contributed by atoms with Gasteiger partial charge in [-0.3, -0.25) is 4.79 Å². The number of carboxylic acid groups (broad SMARTS) is 1. The topological polar surface area (TPSA) is 95.9 Å². The fourth-order valence-electron chi connectivity index (χ4n) is 2.64. The molecule has 7 nitrogen and oxygen atoms in total. The molecule has 0 spiro atoms. The number of carbonyl (C=O) groups is 3. The Labute approximate surface area is 157 Å². The van der Waals surface area contributed by atoms with Crippen molar-refractivity contribution in [3.8, 4) is 0 Å². The number of hydrogen-bond donors (Lipinski definition) is 2. The zero-order valence-electron chi connectivity index (χ0n) is 17.9. The van der Waals surface area contributed by atoms with E-state index in [-0.39, 0.29) is 5.41 Å². The average Bonchev–Trinajstić information content (AvgIpc) is 2.31. The highest BCUT2D eigenvalue weighted by Gasteiger charge is 2.40. The largest absolute Gasteiger partial charge is 0.480 e. The molecule has 7 heteroatoms. The molecule has 0 aromatic heterocycles. The van der Waals surface area contributed by atoms with Gasteiger partial charge in [0.1, 0.15) is 17.7 Å². The molecule has 0 bridgehead atoms. The average molecular weight is 373 g/mol. The number of hydrogen-bond acceptors (Lipinski definition) is 4. The molecule has 0 rings (SSSR count). The third-order valence-electron chi connectivity index (χ3n) is 3.51. The van der Waals surface area contributed by atoms with Crippen LogP contribution in [0.25, 0.3) is 0 Å². The Balaban J connectivity index is 5.73. The number of alkyl carbamates (subject to hydrolysis) is 1. The Morgan fingerprint density at radius 3 is 1.77 bits per heavy atom. The van der Waals surface area contributed by atoms with Crippen LogP contribution in [0.4, 0.5) is 4.79 Å². The summed E-state index contributed by atoms with van der Waals surface area (Å²) in [6.45, 7) is 17.8. The van der Waals surface area contributed by atoms with Gasteiger partial charge in [-0.1, -0.05) is 20.8 Å². The minimum absolute atomic E-state index is 0.259. The van der Waals surface area contributed by atoms with Crippen LogP contribution in [0.1, 0.15) is 75.7 Å². The van der Waals surface area contributed by atoms with Crippen molar-refractivity contribution >= 4 is 18.0 Å². The second-order valence-electron chi connectivity index (χ2n) is 9.86. The smallest absolute Gasteiger partial charge is 0.408 e. The molecule has 0 unspecified atom stereocenters. The van der Waals surface area contributed by atoms with E-state index in [1.807, 2.05) is 20.8 Å². The molecule has 0 fully saturated rings. The van der Waals surface area contributed by atoms with E-state index in [0.29, 0.717) is 6.42 Å². The van der Waals surface area contributed by atoms with E-state index < -0.39 is 41.2 Å². The van der Waals surface area contributed by atoms with Crippen LogP contribution in [0.5, 0.6) is 0 Å². The molecule has 2 atom stereocenters. The van der Waals surface area contributed by atoms with Gasteiger partial charge >= 0.3 is 12.1 Å². The second kappa shape index (κ2) is 8.27. The summed E-state index contributed by atoms with van der Waals surface area (Å²) in [6.07, 6.45) is -0.346. The number of nitrogens with one attached hydrogen (secondary N) is 1. The van der Waals surface area contributed by atoms with Crippen molar-refractivity contribution < 1.29 is 24.2 Å². The summed E-state index contributed by atoms with van der Waals surface area (Å²) in [6, 6.07) is -1.91. The van der Waals surface area contributed by atoms with Gasteiger partial charge in [0.05, 0.1) is 0 Å². The lowest BCUT2D eigenvalue weighted by atomic mass is 9.86. The fraction of sp³-hybridized carbons (Fsp3) is 0.842. The molecule has 152 valence electrons. The highest BCUT2D eigenvalue weighted by Crippen LogP contribution is 2.26. The van der Waals surface area contributed by atoms with Gasteiger partial charge in [0.25, 0.3) is 0 Å². The van der Waals surface area contributed by atoms with Crippen molar-refractivity contribution in [2.75, 3.05) is 0 Å². The summed E-state index contributed by atoms with van der Waals surface area (Å²) in [5.41, 5.74) is -1.68. The molecule has 2 N–H and O–H groups in total. The molecule has 0 aliphatic rings. The molecule has 0 saturated carbocycles. The lowest BCUT2D eigenvalue weighted by Crippen LogP contribution is -2.60. The van der Waals surface area contributed by atoms with Gasteiger partial charge in [-0.25, -0.2) is 9.59 Å². The Morgan fingerprint density at radius 2 is 1.46 bits per heavy atom. The van der Waals surface area contributed by atoms with Crippen LogP contribution in [0, 0.1) is 5.41 Å². The number of rotatable bonds is 5. The van der Waals surface area contributed by atoms with Gasteiger partial charge < -0.3 is 20.1 Å². The van der Waals surface area contributed by atoms with E-state index in [2.05, 4.69) is 5.32 Å². The van der Waals surface area contributed by atoms with Gasteiger partial charge in [0.2, 0.25) is 5.91 Å². The SMILES string of the molecule is C[C@H](C(=O)O)N(C(=O)[C@@H](CC(C)(C)C)NC(=O)OC(C)(C)C)C(C)(C)C. The predicted octanol–water partition coefficient (Wildman–Crippen LogP) is 3.42. The summed E-state index contributed by atoms with van der Waals surface area (Å²) in [5.74, 6) is -1.53. The van der Waals surface area contributed by atoms with Crippen LogP contribution in [0.3, 0.4) is 0 Å². The molecule has 2 amide bonds. The van der Waals surface area contributed by atoms with Gasteiger partial charge in [0, 0.05) is 5.54 Å². The Morgan fingerprint density at radius 1 is 1.00 bits per heavy atom.